The zero-order chi connectivity index (χ0) is 14.7. The van der Waals surface area contributed by atoms with Crippen LogP contribution >= 0.6 is 0 Å². The third-order valence-electron chi connectivity index (χ3n) is 4.42. The summed E-state index contributed by atoms with van der Waals surface area (Å²) < 4.78 is 13.1. The van der Waals surface area contributed by atoms with Crippen LogP contribution in [0.1, 0.15) is 35.4 Å². The van der Waals surface area contributed by atoms with Crippen molar-refractivity contribution < 1.29 is 4.39 Å². The molecule has 0 unspecified atom stereocenters. The maximum absolute atomic E-state index is 13.1. The molecule has 1 aliphatic rings. The minimum atomic E-state index is -0.143. The summed E-state index contributed by atoms with van der Waals surface area (Å²) >= 11 is 0. The van der Waals surface area contributed by atoms with Crippen LogP contribution in [0.15, 0.2) is 48.5 Å². The molecule has 0 radical (unpaired) electrons. The van der Waals surface area contributed by atoms with Crippen LogP contribution in [0.5, 0.6) is 0 Å². The van der Waals surface area contributed by atoms with Crippen LogP contribution < -0.4 is 5.32 Å². The van der Waals surface area contributed by atoms with E-state index < -0.39 is 0 Å². The maximum Gasteiger partial charge on any atom is 0.123 e. The Balaban J connectivity index is 1.40. The van der Waals surface area contributed by atoms with Gasteiger partial charge in [-0.25, -0.2) is 4.39 Å². The van der Waals surface area contributed by atoms with E-state index in [0.29, 0.717) is 12.0 Å². The van der Waals surface area contributed by atoms with Crippen molar-refractivity contribution >= 4 is 0 Å². The molecule has 0 heterocycles. The fraction of sp³-hybridized carbons (Fsp3) is 0.368. The average Bonchev–Trinajstić information content (AvgIpc) is 2.43. The molecule has 1 fully saturated rings. The number of aryl methyl sites for hydroxylation is 1. The van der Waals surface area contributed by atoms with Crippen molar-refractivity contribution in [2.45, 2.75) is 38.1 Å². The Labute approximate surface area is 126 Å². The second-order valence-electron chi connectivity index (χ2n) is 6.11. The summed E-state index contributed by atoms with van der Waals surface area (Å²) in [4.78, 5) is 0. The Kier molecular flexibility index (Phi) is 4.35. The third kappa shape index (κ3) is 3.70. The minimum absolute atomic E-state index is 0.143. The van der Waals surface area contributed by atoms with Crippen molar-refractivity contribution in [3.63, 3.8) is 0 Å². The van der Waals surface area contributed by atoms with Crippen LogP contribution in [-0.4, -0.2) is 12.6 Å². The molecular formula is C19H22FN. The molecule has 1 N–H and O–H groups in total. The lowest BCUT2D eigenvalue weighted by atomic mass is 9.75. The largest absolute Gasteiger partial charge is 0.314 e. The van der Waals surface area contributed by atoms with Gasteiger partial charge in [0.05, 0.1) is 0 Å². The Morgan fingerprint density at radius 2 is 1.86 bits per heavy atom. The third-order valence-corrected chi connectivity index (χ3v) is 4.42. The van der Waals surface area contributed by atoms with Crippen LogP contribution in [0, 0.1) is 12.7 Å². The smallest absolute Gasteiger partial charge is 0.123 e. The van der Waals surface area contributed by atoms with Gasteiger partial charge in [-0.15, -0.1) is 0 Å². The first-order valence-electron chi connectivity index (χ1n) is 7.75. The summed E-state index contributed by atoms with van der Waals surface area (Å²) in [6.45, 7) is 3.05. The SMILES string of the molecule is Cc1ccc(C2CC(NCCc3cccc(F)c3)C2)cc1. The molecule has 1 saturated carbocycles. The molecule has 2 aromatic carbocycles. The van der Waals surface area contributed by atoms with Gasteiger partial charge in [-0.05, 0) is 61.9 Å². The molecule has 0 aliphatic heterocycles. The van der Waals surface area contributed by atoms with E-state index in [4.69, 9.17) is 0 Å². The topological polar surface area (TPSA) is 12.0 Å². The van der Waals surface area contributed by atoms with Gasteiger partial charge in [0.2, 0.25) is 0 Å². The Bertz CT molecular complexity index is 585. The Morgan fingerprint density at radius 3 is 2.57 bits per heavy atom. The molecule has 2 heteroatoms. The Morgan fingerprint density at radius 1 is 1.10 bits per heavy atom. The molecule has 0 saturated heterocycles. The van der Waals surface area contributed by atoms with Gasteiger partial charge in [-0.1, -0.05) is 42.0 Å². The second kappa shape index (κ2) is 6.40. The van der Waals surface area contributed by atoms with Gasteiger partial charge in [0.1, 0.15) is 5.82 Å². The average molecular weight is 283 g/mol. The zero-order valence-electron chi connectivity index (χ0n) is 12.5. The van der Waals surface area contributed by atoms with Gasteiger partial charge >= 0.3 is 0 Å². The standard InChI is InChI=1S/C19H22FN/c1-14-5-7-16(8-6-14)17-12-19(13-17)21-10-9-15-3-2-4-18(20)11-15/h2-8,11,17,19,21H,9-10,12-13H2,1H3. The molecule has 21 heavy (non-hydrogen) atoms. The molecule has 0 aromatic heterocycles. The number of halogens is 1. The second-order valence-corrected chi connectivity index (χ2v) is 6.11. The van der Waals surface area contributed by atoms with Gasteiger partial charge in [-0.2, -0.15) is 0 Å². The molecule has 3 rings (SSSR count). The highest BCUT2D eigenvalue weighted by Gasteiger charge is 2.29. The molecule has 1 nitrogen and oxygen atoms in total. The first kappa shape index (κ1) is 14.3. The maximum atomic E-state index is 13.1. The van der Waals surface area contributed by atoms with E-state index in [2.05, 4.69) is 36.5 Å². The molecule has 2 aromatic rings. The van der Waals surface area contributed by atoms with Gasteiger partial charge in [-0.3, -0.25) is 0 Å². The predicted octanol–water partition coefficient (Wildman–Crippen LogP) is 4.21. The van der Waals surface area contributed by atoms with Gasteiger partial charge in [0.15, 0.2) is 0 Å². The molecule has 0 spiro atoms. The molecule has 0 atom stereocenters. The number of rotatable bonds is 5. The molecule has 1 aliphatic carbocycles. The van der Waals surface area contributed by atoms with E-state index in [9.17, 15) is 4.39 Å². The summed E-state index contributed by atoms with van der Waals surface area (Å²) in [5, 5.41) is 3.58. The number of hydrogen-bond acceptors (Lipinski definition) is 1. The van der Waals surface area contributed by atoms with Crippen LogP contribution in [0.2, 0.25) is 0 Å². The van der Waals surface area contributed by atoms with Gasteiger partial charge in [0, 0.05) is 6.04 Å². The van der Waals surface area contributed by atoms with Crippen molar-refractivity contribution in [3.8, 4) is 0 Å². The van der Waals surface area contributed by atoms with Crippen molar-refractivity contribution in [2.24, 2.45) is 0 Å². The Hall–Kier alpha value is -1.67. The van der Waals surface area contributed by atoms with E-state index in [-0.39, 0.29) is 5.82 Å². The van der Waals surface area contributed by atoms with Crippen molar-refractivity contribution in [1.82, 2.24) is 5.32 Å². The van der Waals surface area contributed by atoms with Crippen LogP contribution in [-0.2, 0) is 6.42 Å². The number of hydrogen-bond donors (Lipinski definition) is 1. The number of nitrogens with one attached hydrogen (secondary N) is 1. The first-order valence-corrected chi connectivity index (χ1v) is 7.75. The summed E-state index contributed by atoms with van der Waals surface area (Å²) in [7, 11) is 0. The van der Waals surface area contributed by atoms with E-state index in [1.165, 1.54) is 30.0 Å². The summed E-state index contributed by atoms with van der Waals surface area (Å²) in [6, 6.07) is 16.4. The fourth-order valence-corrected chi connectivity index (χ4v) is 3.01. The highest BCUT2D eigenvalue weighted by Crippen LogP contribution is 2.36. The van der Waals surface area contributed by atoms with Crippen molar-refractivity contribution in [3.05, 3.63) is 71.0 Å². The van der Waals surface area contributed by atoms with E-state index >= 15 is 0 Å². The highest BCUT2D eigenvalue weighted by molar-refractivity contribution is 5.26. The van der Waals surface area contributed by atoms with E-state index in [1.54, 1.807) is 12.1 Å². The van der Waals surface area contributed by atoms with Gasteiger partial charge < -0.3 is 5.32 Å². The summed E-state index contributed by atoms with van der Waals surface area (Å²) in [5.41, 5.74) is 3.85. The highest BCUT2D eigenvalue weighted by atomic mass is 19.1. The van der Waals surface area contributed by atoms with Crippen LogP contribution in [0.25, 0.3) is 0 Å². The van der Waals surface area contributed by atoms with Crippen LogP contribution in [0.3, 0.4) is 0 Å². The van der Waals surface area contributed by atoms with Gasteiger partial charge in [0.25, 0.3) is 0 Å². The lowest BCUT2D eigenvalue weighted by Crippen LogP contribution is -2.40. The lowest BCUT2D eigenvalue weighted by molar-refractivity contribution is 0.293. The summed E-state index contributed by atoms with van der Waals surface area (Å²) in [5.74, 6) is 0.563. The van der Waals surface area contributed by atoms with Crippen molar-refractivity contribution in [1.29, 1.82) is 0 Å². The zero-order valence-corrected chi connectivity index (χ0v) is 12.5. The fourth-order valence-electron chi connectivity index (χ4n) is 3.01. The normalized spacial score (nSPS) is 21.0. The number of benzene rings is 2. The van der Waals surface area contributed by atoms with Crippen LogP contribution in [0.4, 0.5) is 4.39 Å². The predicted molar refractivity (Wildman–Crippen MR) is 85.0 cm³/mol. The van der Waals surface area contributed by atoms with E-state index in [1.807, 2.05) is 6.07 Å². The summed E-state index contributed by atoms with van der Waals surface area (Å²) in [6.07, 6.45) is 3.32. The quantitative estimate of drug-likeness (QED) is 0.866. The first-order chi connectivity index (χ1) is 10.2. The molecule has 0 amide bonds. The molecule has 110 valence electrons. The molecule has 0 bridgehead atoms. The lowest BCUT2D eigenvalue weighted by Gasteiger charge is -2.36. The van der Waals surface area contributed by atoms with E-state index in [0.717, 1.165) is 18.5 Å². The molecular weight excluding hydrogens is 261 g/mol. The monoisotopic (exact) mass is 283 g/mol. The van der Waals surface area contributed by atoms with Crippen molar-refractivity contribution in [2.75, 3.05) is 6.54 Å². The minimum Gasteiger partial charge on any atom is -0.314 e.